The van der Waals surface area contributed by atoms with Gasteiger partial charge in [-0.2, -0.15) is 0 Å². The molecule has 1 fully saturated rings. The van der Waals surface area contributed by atoms with Crippen LogP contribution in [0.3, 0.4) is 0 Å². The lowest BCUT2D eigenvalue weighted by Gasteiger charge is -2.43. The van der Waals surface area contributed by atoms with Crippen LogP contribution < -0.4 is 0 Å². The summed E-state index contributed by atoms with van der Waals surface area (Å²) in [6.45, 7) is 4.35. The van der Waals surface area contributed by atoms with Gasteiger partial charge < -0.3 is 28.4 Å². The van der Waals surface area contributed by atoms with Gasteiger partial charge in [-0.3, -0.25) is 24.0 Å². The fraction of sp³-hybridized carbons (Fsp3) is 0.688. The maximum atomic E-state index is 11.7. The lowest BCUT2D eigenvalue weighted by atomic mass is 9.96. The minimum atomic E-state index is -1.50. The first kappa shape index (κ1) is 22.4. The highest BCUT2D eigenvalue weighted by Crippen LogP contribution is 2.31. The highest BCUT2D eigenvalue weighted by molar-refractivity contribution is 5.71. The minimum Gasteiger partial charge on any atom is -0.469 e. The van der Waals surface area contributed by atoms with Crippen molar-refractivity contribution in [3.8, 4) is 0 Å². The van der Waals surface area contributed by atoms with Gasteiger partial charge in [0, 0.05) is 27.7 Å². The molecular formula is C16H22O11. The summed E-state index contributed by atoms with van der Waals surface area (Å²) < 4.78 is 30.5. The van der Waals surface area contributed by atoms with E-state index in [0.29, 0.717) is 0 Å². The zero-order valence-electron chi connectivity index (χ0n) is 15.6. The van der Waals surface area contributed by atoms with Crippen LogP contribution in [0.25, 0.3) is 0 Å². The Bertz CT molecular complexity index is 599. The van der Waals surface area contributed by atoms with Gasteiger partial charge in [-0.15, -0.1) is 0 Å². The molecule has 27 heavy (non-hydrogen) atoms. The van der Waals surface area contributed by atoms with Gasteiger partial charge in [0.15, 0.2) is 12.2 Å². The molecule has 1 rings (SSSR count). The standard InChI is InChI=1S/C16H22O11/c1-7(17)23-13-11(6-12(21)22-5)27-16(26-10(4)20)15(25-9(3)19)14(13)24-8(2)18/h11,13-16H,6H2,1-5H3. The van der Waals surface area contributed by atoms with Crippen molar-refractivity contribution in [2.45, 2.75) is 64.8 Å². The third kappa shape index (κ3) is 6.85. The average molecular weight is 390 g/mol. The predicted molar refractivity (Wildman–Crippen MR) is 83.7 cm³/mol. The zero-order chi connectivity index (χ0) is 20.7. The Balaban J connectivity index is 3.33. The third-order valence-electron chi connectivity index (χ3n) is 3.37. The summed E-state index contributed by atoms with van der Waals surface area (Å²) >= 11 is 0. The van der Waals surface area contributed by atoms with Gasteiger partial charge >= 0.3 is 29.8 Å². The normalized spacial score (nSPS) is 27.1. The molecule has 0 aromatic carbocycles. The van der Waals surface area contributed by atoms with Crippen LogP contribution in [0.15, 0.2) is 0 Å². The Morgan fingerprint density at radius 1 is 0.704 bits per heavy atom. The maximum absolute atomic E-state index is 11.7. The molecule has 5 atom stereocenters. The largest absolute Gasteiger partial charge is 0.469 e. The Hall–Kier alpha value is -2.69. The van der Waals surface area contributed by atoms with Crippen LogP contribution in [0.5, 0.6) is 0 Å². The second kappa shape index (κ2) is 9.86. The zero-order valence-corrected chi connectivity index (χ0v) is 15.6. The van der Waals surface area contributed by atoms with Gasteiger partial charge in [-0.05, 0) is 0 Å². The van der Waals surface area contributed by atoms with Gasteiger partial charge in [0.1, 0.15) is 6.10 Å². The molecule has 1 aliphatic rings. The smallest absolute Gasteiger partial charge is 0.308 e. The van der Waals surface area contributed by atoms with Crippen molar-refractivity contribution >= 4 is 29.8 Å². The summed E-state index contributed by atoms with van der Waals surface area (Å²) in [5.74, 6) is -3.82. The molecule has 11 nitrogen and oxygen atoms in total. The van der Waals surface area contributed by atoms with Gasteiger partial charge in [-0.25, -0.2) is 0 Å². The molecule has 0 saturated carbocycles. The molecule has 0 spiro atoms. The molecule has 1 saturated heterocycles. The molecule has 1 aliphatic heterocycles. The molecule has 11 heteroatoms. The fourth-order valence-corrected chi connectivity index (χ4v) is 2.53. The quantitative estimate of drug-likeness (QED) is 0.433. The molecule has 0 radical (unpaired) electrons. The number of carbonyl (C=O) groups is 5. The summed E-state index contributed by atoms with van der Waals surface area (Å²) in [6.07, 6.45) is -7.23. The Morgan fingerprint density at radius 2 is 1.15 bits per heavy atom. The van der Waals surface area contributed by atoms with Crippen LogP contribution in [0, 0.1) is 0 Å². The molecule has 0 aliphatic carbocycles. The highest BCUT2D eigenvalue weighted by atomic mass is 16.7. The molecule has 0 amide bonds. The van der Waals surface area contributed by atoms with Crippen LogP contribution in [-0.2, 0) is 52.4 Å². The number of ether oxygens (including phenoxy) is 6. The van der Waals surface area contributed by atoms with Crippen LogP contribution in [0.4, 0.5) is 0 Å². The van der Waals surface area contributed by atoms with E-state index >= 15 is 0 Å². The van der Waals surface area contributed by atoms with E-state index in [4.69, 9.17) is 23.7 Å². The SMILES string of the molecule is COC(=O)CC1OC(OC(C)=O)C(OC(C)=O)C(OC(C)=O)C1OC(C)=O. The topological polar surface area (TPSA) is 141 Å². The van der Waals surface area contributed by atoms with E-state index in [1.165, 1.54) is 0 Å². The lowest BCUT2D eigenvalue weighted by molar-refractivity contribution is -0.296. The number of rotatable bonds is 6. The van der Waals surface area contributed by atoms with Crippen molar-refractivity contribution in [2.75, 3.05) is 7.11 Å². The molecule has 0 bridgehead atoms. The van der Waals surface area contributed by atoms with E-state index < -0.39 is 67.0 Å². The molecule has 1 heterocycles. The second-order valence-corrected chi connectivity index (χ2v) is 5.65. The number of esters is 5. The van der Waals surface area contributed by atoms with Crippen molar-refractivity contribution in [1.29, 1.82) is 0 Å². The number of hydrogen-bond acceptors (Lipinski definition) is 11. The fourth-order valence-electron chi connectivity index (χ4n) is 2.53. The van der Waals surface area contributed by atoms with E-state index in [2.05, 4.69) is 4.74 Å². The van der Waals surface area contributed by atoms with Crippen LogP contribution in [-0.4, -0.2) is 67.7 Å². The van der Waals surface area contributed by atoms with Crippen molar-refractivity contribution in [3.05, 3.63) is 0 Å². The van der Waals surface area contributed by atoms with Crippen LogP contribution >= 0.6 is 0 Å². The van der Waals surface area contributed by atoms with Gasteiger partial charge in [0.2, 0.25) is 12.4 Å². The molecule has 5 unspecified atom stereocenters. The summed E-state index contributed by atoms with van der Waals surface area (Å²) in [5.41, 5.74) is 0. The molecular weight excluding hydrogens is 368 g/mol. The van der Waals surface area contributed by atoms with Crippen LogP contribution in [0.1, 0.15) is 34.1 Å². The van der Waals surface area contributed by atoms with Crippen molar-refractivity contribution in [1.82, 2.24) is 0 Å². The Kier molecular flexibility index (Phi) is 8.16. The van der Waals surface area contributed by atoms with E-state index in [-0.39, 0.29) is 0 Å². The number of carbonyl (C=O) groups excluding carboxylic acids is 5. The first-order chi connectivity index (χ1) is 12.5. The average Bonchev–Trinajstić information content (AvgIpc) is 2.52. The Morgan fingerprint density at radius 3 is 1.59 bits per heavy atom. The van der Waals surface area contributed by atoms with Crippen molar-refractivity contribution < 1.29 is 52.4 Å². The van der Waals surface area contributed by atoms with Crippen molar-refractivity contribution in [2.24, 2.45) is 0 Å². The monoisotopic (exact) mass is 390 g/mol. The van der Waals surface area contributed by atoms with E-state index in [1.54, 1.807) is 0 Å². The summed E-state index contributed by atoms with van der Waals surface area (Å²) in [4.78, 5) is 57.6. The number of methoxy groups -OCH3 is 1. The maximum Gasteiger partial charge on any atom is 0.308 e. The minimum absolute atomic E-state index is 0.406. The highest BCUT2D eigenvalue weighted by Gasteiger charge is 2.53. The summed E-state index contributed by atoms with van der Waals surface area (Å²) in [5, 5.41) is 0. The van der Waals surface area contributed by atoms with E-state index in [1.807, 2.05) is 0 Å². The first-order valence-electron chi connectivity index (χ1n) is 7.96. The number of hydrogen-bond donors (Lipinski definition) is 0. The summed E-state index contributed by atoms with van der Waals surface area (Å²) in [6, 6.07) is 0. The van der Waals surface area contributed by atoms with Crippen molar-refractivity contribution in [3.63, 3.8) is 0 Å². The summed E-state index contributed by atoms with van der Waals surface area (Å²) in [7, 11) is 1.14. The van der Waals surface area contributed by atoms with Crippen LogP contribution in [0.2, 0.25) is 0 Å². The molecule has 0 aromatic heterocycles. The first-order valence-corrected chi connectivity index (χ1v) is 7.96. The second-order valence-electron chi connectivity index (χ2n) is 5.65. The molecule has 152 valence electrons. The Labute approximate surface area is 155 Å². The van der Waals surface area contributed by atoms with Gasteiger partial charge in [-0.1, -0.05) is 0 Å². The predicted octanol–water partition coefficient (Wildman–Crippen LogP) is -0.367. The van der Waals surface area contributed by atoms with E-state index in [9.17, 15) is 24.0 Å². The van der Waals surface area contributed by atoms with Gasteiger partial charge in [0.05, 0.1) is 13.5 Å². The molecule has 0 N–H and O–H groups in total. The molecule has 0 aromatic rings. The van der Waals surface area contributed by atoms with Gasteiger partial charge in [0.25, 0.3) is 0 Å². The van der Waals surface area contributed by atoms with E-state index in [0.717, 1.165) is 34.8 Å². The lowest BCUT2D eigenvalue weighted by Crippen LogP contribution is -2.62. The third-order valence-corrected chi connectivity index (χ3v) is 3.37.